The molecule has 182 valence electrons. The normalized spacial score (nSPS) is 15.5. The molecule has 0 fully saturated rings. The molecule has 1 aliphatic heterocycles. The largest absolute Gasteiger partial charge is 0.466 e. The van der Waals surface area contributed by atoms with Crippen molar-refractivity contribution in [1.29, 1.82) is 5.26 Å². The zero-order valence-electron chi connectivity index (χ0n) is 19.3. The minimum atomic E-state index is -0.943. The third-order valence-corrected chi connectivity index (χ3v) is 5.81. The number of alkyl halides is 1. The summed E-state index contributed by atoms with van der Waals surface area (Å²) < 4.78 is 15.1. The zero-order chi connectivity index (χ0) is 25.8. The van der Waals surface area contributed by atoms with Gasteiger partial charge in [-0.15, -0.1) is 11.6 Å². The molecule has 0 radical (unpaired) electrons. The summed E-state index contributed by atoms with van der Waals surface area (Å²) in [6.45, 7) is 0. The number of anilines is 1. The monoisotopic (exact) mass is 505 g/mol. The van der Waals surface area contributed by atoms with E-state index in [0.29, 0.717) is 22.6 Å². The molecule has 0 aliphatic carbocycles. The lowest BCUT2D eigenvalue weighted by molar-refractivity contribution is -0.139. The van der Waals surface area contributed by atoms with E-state index in [4.69, 9.17) is 31.3 Å². The maximum Gasteiger partial charge on any atom is 0.355 e. The quantitative estimate of drug-likeness (QED) is 0.391. The Morgan fingerprint density at radius 3 is 2.33 bits per heavy atom. The Hall–Kier alpha value is -4.62. The second-order valence-corrected chi connectivity index (χ2v) is 7.79. The Labute approximate surface area is 211 Å². The number of esters is 2. The van der Waals surface area contributed by atoms with Gasteiger partial charge in [0.1, 0.15) is 17.4 Å². The predicted molar refractivity (Wildman–Crippen MR) is 129 cm³/mol. The predicted octanol–water partition coefficient (Wildman–Crippen LogP) is 3.37. The van der Waals surface area contributed by atoms with Crippen LogP contribution < -0.4 is 10.6 Å². The Balaban J connectivity index is 1.92. The minimum absolute atomic E-state index is 0.0313. The molecule has 2 aromatic carbocycles. The molecule has 1 unspecified atom stereocenters. The summed E-state index contributed by atoms with van der Waals surface area (Å²) in [5.74, 6) is -1.94. The molecule has 3 aromatic rings. The van der Waals surface area contributed by atoms with Gasteiger partial charge in [-0.3, -0.25) is 4.90 Å². The summed E-state index contributed by atoms with van der Waals surface area (Å²) in [5.41, 5.74) is 7.90. The number of carbonyl (C=O) groups is 2. The number of hydrogen-bond acceptors (Lipinski definition) is 10. The molecule has 4 rings (SSSR count). The Morgan fingerprint density at radius 1 is 1.11 bits per heavy atom. The van der Waals surface area contributed by atoms with Crippen LogP contribution >= 0.6 is 11.6 Å². The van der Waals surface area contributed by atoms with Crippen molar-refractivity contribution in [2.45, 2.75) is 11.8 Å². The molecule has 1 atom stereocenters. The van der Waals surface area contributed by atoms with Crippen molar-refractivity contribution in [3.63, 3.8) is 0 Å². The number of nitriles is 1. The van der Waals surface area contributed by atoms with Gasteiger partial charge in [-0.1, -0.05) is 35.5 Å². The van der Waals surface area contributed by atoms with Crippen LogP contribution in [0.3, 0.4) is 0 Å². The van der Waals surface area contributed by atoms with Crippen LogP contribution in [0.15, 0.2) is 81.8 Å². The van der Waals surface area contributed by atoms with Crippen molar-refractivity contribution < 1.29 is 23.6 Å². The highest BCUT2D eigenvalue weighted by Crippen LogP contribution is 2.43. The van der Waals surface area contributed by atoms with Crippen LogP contribution in [0.2, 0.25) is 0 Å². The van der Waals surface area contributed by atoms with E-state index in [2.05, 4.69) is 16.2 Å². The van der Waals surface area contributed by atoms with E-state index in [1.165, 1.54) is 19.1 Å². The molecule has 0 saturated heterocycles. The molecule has 36 heavy (non-hydrogen) atoms. The first-order chi connectivity index (χ1) is 17.4. The number of allylic oxidation sites excluding steroid dienone is 1. The number of ether oxygens (including phenoxy) is 2. The highest BCUT2D eigenvalue weighted by Gasteiger charge is 2.42. The molecule has 11 heteroatoms. The summed E-state index contributed by atoms with van der Waals surface area (Å²) in [5, 5.41) is 14.0. The molecule has 0 bridgehead atoms. The zero-order valence-corrected chi connectivity index (χ0v) is 20.0. The average Bonchev–Trinajstić information content (AvgIpc) is 3.41. The van der Waals surface area contributed by atoms with Gasteiger partial charge in [0.25, 0.3) is 0 Å². The molecule has 10 nitrogen and oxygen atoms in total. The number of methoxy groups -OCH3 is 2. The van der Waals surface area contributed by atoms with E-state index >= 15 is 0 Å². The molecule has 0 spiro atoms. The summed E-state index contributed by atoms with van der Waals surface area (Å²) >= 11 is 5.73. The molecule has 0 amide bonds. The molecule has 0 saturated carbocycles. The van der Waals surface area contributed by atoms with Crippen molar-refractivity contribution in [1.82, 2.24) is 10.1 Å². The molecular formula is C25H20ClN5O5. The number of nitrogens with two attached hydrogens (primary N) is 1. The number of carbonyl (C=O) groups excluding carboxylic acids is 2. The van der Waals surface area contributed by atoms with E-state index in [0.717, 1.165) is 0 Å². The minimum Gasteiger partial charge on any atom is -0.466 e. The van der Waals surface area contributed by atoms with Crippen molar-refractivity contribution in [2.24, 2.45) is 5.73 Å². The van der Waals surface area contributed by atoms with Crippen LogP contribution in [0, 0.1) is 11.3 Å². The second kappa shape index (κ2) is 10.3. The van der Waals surface area contributed by atoms with Crippen LogP contribution in [0.4, 0.5) is 5.69 Å². The van der Waals surface area contributed by atoms with E-state index < -0.39 is 17.9 Å². The molecule has 1 aromatic heterocycles. The van der Waals surface area contributed by atoms with Gasteiger partial charge in [-0.2, -0.15) is 10.2 Å². The highest BCUT2D eigenvalue weighted by molar-refractivity contribution is 6.16. The molecule has 2 heterocycles. The van der Waals surface area contributed by atoms with Gasteiger partial charge in [0, 0.05) is 11.3 Å². The number of benzene rings is 2. The maximum absolute atomic E-state index is 13.1. The van der Waals surface area contributed by atoms with E-state index in [1.807, 2.05) is 0 Å². The van der Waals surface area contributed by atoms with Crippen LogP contribution in [0.1, 0.15) is 17.4 Å². The molecular weight excluding hydrogens is 486 g/mol. The lowest BCUT2D eigenvalue weighted by Gasteiger charge is -2.35. The van der Waals surface area contributed by atoms with Gasteiger partial charge in [-0.25, -0.2) is 9.59 Å². The van der Waals surface area contributed by atoms with Gasteiger partial charge in [-0.05, 0) is 29.8 Å². The number of rotatable bonds is 6. The number of hydrogen-bond donors (Lipinski definition) is 1. The smallest absolute Gasteiger partial charge is 0.355 e. The van der Waals surface area contributed by atoms with Gasteiger partial charge in [0.05, 0.1) is 37.4 Å². The summed E-state index contributed by atoms with van der Waals surface area (Å²) in [4.78, 5) is 31.6. The third kappa shape index (κ3) is 4.28. The Kier molecular flexibility index (Phi) is 7.03. The fourth-order valence-electron chi connectivity index (χ4n) is 3.97. The Morgan fingerprint density at radius 2 is 1.78 bits per heavy atom. The number of halogens is 1. The maximum atomic E-state index is 13.1. The standard InChI is InChI=1S/C25H20ClN5O5/c1-34-24(32)20-19(14-6-4-3-5-7-14)17(13-27)22(28)31(21(20)25(33)35-2)16-10-8-15(9-11-16)23-29-18(12-26)36-30-23/h3-11,19H,12,28H2,1-2H3. The molecule has 2 N–H and O–H groups in total. The first-order valence-electron chi connectivity index (χ1n) is 10.6. The summed E-state index contributed by atoms with van der Waals surface area (Å²) in [6, 6.07) is 17.5. The van der Waals surface area contributed by atoms with Crippen molar-refractivity contribution in [2.75, 3.05) is 19.1 Å². The topological polar surface area (TPSA) is 145 Å². The van der Waals surface area contributed by atoms with E-state index in [1.54, 1.807) is 54.6 Å². The fourth-order valence-corrected chi connectivity index (χ4v) is 4.08. The van der Waals surface area contributed by atoms with E-state index in [9.17, 15) is 14.9 Å². The van der Waals surface area contributed by atoms with Gasteiger partial charge >= 0.3 is 11.9 Å². The van der Waals surface area contributed by atoms with Gasteiger partial charge in [0.2, 0.25) is 11.7 Å². The van der Waals surface area contributed by atoms with Crippen LogP contribution in [0.5, 0.6) is 0 Å². The lowest BCUT2D eigenvalue weighted by Crippen LogP contribution is -2.40. The second-order valence-electron chi connectivity index (χ2n) is 7.53. The first kappa shape index (κ1) is 24.5. The van der Waals surface area contributed by atoms with Gasteiger partial charge in [0.15, 0.2) is 0 Å². The fraction of sp³-hybridized carbons (Fsp3) is 0.160. The number of aromatic nitrogens is 2. The SMILES string of the molecule is COC(=O)C1=C(C(=O)OC)N(c2ccc(-c3noc(CCl)n3)cc2)C(N)=C(C#N)C1c1ccccc1. The van der Waals surface area contributed by atoms with Gasteiger partial charge < -0.3 is 19.7 Å². The lowest BCUT2D eigenvalue weighted by atomic mass is 9.81. The van der Waals surface area contributed by atoms with Crippen molar-refractivity contribution >= 4 is 29.2 Å². The van der Waals surface area contributed by atoms with Crippen molar-refractivity contribution in [3.8, 4) is 17.5 Å². The average molecular weight is 506 g/mol. The highest BCUT2D eigenvalue weighted by atomic mass is 35.5. The van der Waals surface area contributed by atoms with Crippen LogP contribution in [-0.4, -0.2) is 36.3 Å². The van der Waals surface area contributed by atoms with Crippen LogP contribution in [-0.2, 0) is 24.9 Å². The molecule has 1 aliphatic rings. The third-order valence-electron chi connectivity index (χ3n) is 5.58. The van der Waals surface area contributed by atoms with Crippen LogP contribution in [0.25, 0.3) is 11.4 Å². The van der Waals surface area contributed by atoms with Crippen molar-refractivity contribution in [3.05, 3.63) is 88.7 Å². The summed E-state index contributed by atoms with van der Waals surface area (Å²) in [7, 11) is 2.38. The summed E-state index contributed by atoms with van der Waals surface area (Å²) in [6.07, 6.45) is 0. The Bertz CT molecular complexity index is 1410. The first-order valence-corrected chi connectivity index (χ1v) is 11.1. The number of nitrogens with zero attached hydrogens (tertiary/aromatic N) is 4. The van der Waals surface area contributed by atoms with E-state index in [-0.39, 0.29) is 34.4 Å².